The Morgan fingerprint density at radius 1 is 0.293 bits per heavy atom. The Morgan fingerprint density at radius 3 is 0.919 bits per heavy atom. The number of ether oxygens (including phenoxy) is 3. The third kappa shape index (κ3) is 74.2. The van der Waals surface area contributed by atoms with E-state index < -0.39 is 91.5 Å². The molecule has 5 atom stereocenters. The van der Waals surface area contributed by atoms with Gasteiger partial charge in [-0.1, -0.05) is 281 Å². The van der Waals surface area contributed by atoms with E-state index in [0.29, 0.717) is 25.7 Å². The highest BCUT2D eigenvalue weighted by Gasteiger charge is 2.29. The van der Waals surface area contributed by atoms with E-state index in [-0.39, 0.29) is 19.3 Å². The van der Waals surface area contributed by atoms with Crippen molar-refractivity contribution in [1.29, 1.82) is 0 Å². The number of esters is 3. The minimum Gasteiger partial charge on any atom is -0.463 e. The number of hydrogen-bond acceptors (Lipinski definition) is 14. The molecule has 0 bridgehead atoms. The number of carbonyl (C=O) groups is 3. The first-order valence-corrected chi connectivity index (χ1v) is 40.8. The summed E-state index contributed by atoms with van der Waals surface area (Å²) < 4.78 is 60.9. The molecule has 0 aliphatic heterocycles. The molecule has 0 saturated carbocycles. The Bertz CT molecular complexity index is 2430. The van der Waals surface area contributed by atoms with Crippen LogP contribution in [-0.4, -0.2) is 95.9 Å². The van der Waals surface area contributed by atoms with Crippen LogP contribution in [0.15, 0.2) is 158 Å². The smallest absolute Gasteiger partial charge is 0.463 e. The van der Waals surface area contributed by atoms with Gasteiger partial charge < -0.3 is 34.2 Å². The molecule has 0 saturated heterocycles. The molecule has 0 aromatic heterocycles. The van der Waals surface area contributed by atoms with E-state index in [1.165, 1.54) is 77.0 Å². The molecular formula is C81H134O16P2. The molecule has 564 valence electrons. The monoisotopic (exact) mass is 1420 g/mol. The number of rotatable bonds is 70. The second-order valence-corrected chi connectivity index (χ2v) is 27.6. The molecule has 4 N–H and O–H groups in total. The van der Waals surface area contributed by atoms with Crippen LogP contribution in [0.3, 0.4) is 0 Å². The number of unbranched alkanes of at least 4 members (excludes halogenated alkanes) is 21. The van der Waals surface area contributed by atoms with Gasteiger partial charge in [-0.2, -0.15) is 0 Å². The van der Waals surface area contributed by atoms with Gasteiger partial charge >= 0.3 is 33.6 Å². The van der Waals surface area contributed by atoms with E-state index in [4.69, 9.17) is 32.3 Å². The van der Waals surface area contributed by atoms with Crippen molar-refractivity contribution < 1.29 is 75.8 Å². The summed E-state index contributed by atoms with van der Waals surface area (Å²) in [6.07, 6.45) is 90.4. The Balaban J connectivity index is 4.52. The molecule has 16 nitrogen and oxygen atoms in total. The lowest BCUT2D eigenvalue weighted by Crippen LogP contribution is -2.30. The van der Waals surface area contributed by atoms with Crippen molar-refractivity contribution >= 4 is 33.6 Å². The highest BCUT2D eigenvalue weighted by atomic mass is 31.2. The van der Waals surface area contributed by atoms with Crippen LogP contribution in [0.25, 0.3) is 0 Å². The number of phosphoric acid groups is 2. The Labute approximate surface area is 600 Å². The molecule has 0 spiro atoms. The normalized spacial score (nSPS) is 14.9. The average molecular weight is 1430 g/mol. The first kappa shape index (κ1) is 94.2. The summed E-state index contributed by atoms with van der Waals surface area (Å²) >= 11 is 0. The third-order valence-corrected chi connectivity index (χ3v) is 17.1. The van der Waals surface area contributed by atoms with Gasteiger partial charge in [-0.3, -0.25) is 32.5 Å². The van der Waals surface area contributed by atoms with E-state index >= 15 is 0 Å². The lowest BCUT2D eigenvalue weighted by molar-refractivity contribution is -0.161. The van der Waals surface area contributed by atoms with E-state index in [9.17, 15) is 43.5 Å². The largest absolute Gasteiger partial charge is 0.472 e. The van der Waals surface area contributed by atoms with E-state index in [1.54, 1.807) is 0 Å². The van der Waals surface area contributed by atoms with Crippen molar-refractivity contribution in [2.24, 2.45) is 0 Å². The van der Waals surface area contributed by atoms with Crippen LogP contribution in [-0.2, 0) is 55.8 Å². The van der Waals surface area contributed by atoms with Crippen LogP contribution in [0.5, 0.6) is 0 Å². The maximum Gasteiger partial charge on any atom is 0.472 e. The van der Waals surface area contributed by atoms with Gasteiger partial charge in [-0.15, -0.1) is 0 Å². The predicted octanol–water partition coefficient (Wildman–Crippen LogP) is 21.9. The van der Waals surface area contributed by atoms with Gasteiger partial charge in [-0.05, 0) is 135 Å². The van der Waals surface area contributed by atoms with Crippen molar-refractivity contribution in [3.63, 3.8) is 0 Å². The van der Waals surface area contributed by atoms with Gasteiger partial charge in [0.15, 0.2) is 6.10 Å². The number of carbonyl (C=O) groups excluding carboxylic acids is 3. The summed E-state index contributed by atoms with van der Waals surface area (Å²) in [7, 11) is -9.81. The second kappa shape index (κ2) is 72.9. The van der Waals surface area contributed by atoms with E-state index in [1.807, 2.05) is 18.2 Å². The van der Waals surface area contributed by atoms with Crippen molar-refractivity contribution in [3.8, 4) is 0 Å². The fourth-order valence-electron chi connectivity index (χ4n) is 9.54. The first-order chi connectivity index (χ1) is 48.2. The molecule has 0 rings (SSSR count). The standard InChI is InChI=1S/C81H134O16P2/c1-4-7-10-13-16-19-22-25-27-29-31-32-33-34-35-36-37-38-39-40-41-42-44-46-47-50-52-55-58-61-64-67-79(84)91-70-76(82)71-93-98(87,88)94-72-77(83)73-95-99(89,90)96-75-78(97-81(86)69-66-63-60-57-54-49-24-21-18-15-12-9-6-3)74-92-80(85)68-65-62-59-56-53-51-48-45-43-30-28-26-23-20-17-14-11-8-5-2/h7-8,10-11,16-17,19-21,24-28,31-32,34-35,37-38,43,45,51,53,59,62,76-78,82-83H,4-6,9,12-15,18,22-23,29-30,33,36,39-42,44,46-50,52,54-58,60-61,63-75H2,1-3H3,(H,87,88)(H,89,90)/b10-7-,11-8-,19-16-,20-17-,24-21-,27-25-,28-26-,32-31-,35-34-,38-37-,45-43-,53-51-,62-59-. The number of hydrogen-bond donors (Lipinski definition) is 4. The first-order valence-electron chi connectivity index (χ1n) is 37.8. The predicted molar refractivity (Wildman–Crippen MR) is 408 cm³/mol. The summed E-state index contributed by atoms with van der Waals surface area (Å²) in [5, 5.41) is 20.6. The van der Waals surface area contributed by atoms with Crippen LogP contribution in [0.4, 0.5) is 0 Å². The number of phosphoric ester groups is 2. The molecular weight excluding hydrogens is 1290 g/mol. The SMILES string of the molecule is CC/C=C\C/C=C\C/C=C\C/C=C\C/C=C\C/C=C\CCCCCCCCCCCCCCC(=O)OCC(O)COP(=O)(O)OCC(O)COP(=O)(O)OCC(COC(=O)CC/C=C\C/C=C\C/C=C\C/C=C\C/C=C\C/C=C\CC)OC(=O)CCCCCCC/C=C\CCCCCC. The second-order valence-electron chi connectivity index (χ2n) is 24.7. The van der Waals surface area contributed by atoms with Crippen LogP contribution >= 0.6 is 15.6 Å². The molecule has 99 heavy (non-hydrogen) atoms. The number of allylic oxidation sites excluding steroid dienone is 26. The maximum absolute atomic E-state index is 12.9. The highest BCUT2D eigenvalue weighted by Crippen LogP contribution is 2.45. The van der Waals surface area contributed by atoms with Gasteiger partial charge in [0.2, 0.25) is 0 Å². The maximum atomic E-state index is 12.9. The molecule has 0 aromatic rings. The van der Waals surface area contributed by atoms with E-state index in [2.05, 4.69) is 161 Å². The van der Waals surface area contributed by atoms with Crippen LogP contribution in [0, 0.1) is 0 Å². The fourth-order valence-corrected chi connectivity index (χ4v) is 11.1. The van der Waals surface area contributed by atoms with E-state index in [0.717, 1.165) is 135 Å². The number of aliphatic hydroxyl groups is 2. The van der Waals surface area contributed by atoms with Gasteiger partial charge in [0, 0.05) is 19.3 Å². The molecule has 5 unspecified atom stereocenters. The molecule has 0 heterocycles. The van der Waals surface area contributed by atoms with Gasteiger partial charge in [0.05, 0.1) is 26.4 Å². The van der Waals surface area contributed by atoms with Crippen LogP contribution in [0.2, 0.25) is 0 Å². The third-order valence-electron chi connectivity index (χ3n) is 15.2. The zero-order valence-electron chi connectivity index (χ0n) is 61.4. The highest BCUT2D eigenvalue weighted by molar-refractivity contribution is 7.47. The zero-order chi connectivity index (χ0) is 72.3. The van der Waals surface area contributed by atoms with Crippen molar-refractivity contribution in [1.82, 2.24) is 0 Å². The van der Waals surface area contributed by atoms with Crippen molar-refractivity contribution in [3.05, 3.63) is 158 Å². The van der Waals surface area contributed by atoms with Crippen molar-refractivity contribution in [2.45, 2.75) is 296 Å². The Morgan fingerprint density at radius 2 is 0.556 bits per heavy atom. The van der Waals surface area contributed by atoms with Gasteiger partial charge in [0.1, 0.15) is 25.4 Å². The summed E-state index contributed by atoms with van der Waals surface area (Å²) in [5.41, 5.74) is 0. The Kier molecular flexibility index (Phi) is 69.4. The minimum atomic E-state index is -4.95. The van der Waals surface area contributed by atoms with Gasteiger partial charge in [-0.25, -0.2) is 9.13 Å². The molecule has 0 aliphatic rings. The minimum absolute atomic E-state index is 0.0399. The zero-order valence-corrected chi connectivity index (χ0v) is 63.1. The summed E-state index contributed by atoms with van der Waals surface area (Å²) in [6.45, 7) is 2.31. The molecule has 0 aromatic carbocycles. The Hall–Kier alpha value is -4.83. The molecule has 0 fully saturated rings. The van der Waals surface area contributed by atoms with Crippen LogP contribution < -0.4 is 0 Å². The van der Waals surface area contributed by atoms with Crippen molar-refractivity contribution in [2.75, 3.05) is 39.6 Å². The summed E-state index contributed by atoms with van der Waals surface area (Å²) in [4.78, 5) is 58.4. The fraction of sp³-hybridized carbons (Fsp3) is 0.642. The lowest BCUT2D eigenvalue weighted by atomic mass is 10.0. The molecule has 0 amide bonds. The van der Waals surface area contributed by atoms with Gasteiger partial charge in [0.25, 0.3) is 0 Å². The van der Waals surface area contributed by atoms with Crippen LogP contribution in [0.1, 0.15) is 278 Å². The topological polar surface area (TPSA) is 231 Å². The number of aliphatic hydroxyl groups excluding tert-OH is 2. The molecule has 0 aliphatic carbocycles. The lowest BCUT2D eigenvalue weighted by Gasteiger charge is -2.21. The molecule has 18 heteroatoms. The summed E-state index contributed by atoms with van der Waals surface area (Å²) in [5.74, 6) is -1.69. The summed E-state index contributed by atoms with van der Waals surface area (Å²) in [6, 6.07) is 0. The molecule has 0 radical (unpaired) electrons. The average Bonchev–Trinajstić information content (AvgIpc) is 1.02. The quantitative estimate of drug-likeness (QED) is 0.0146.